The van der Waals surface area contributed by atoms with Gasteiger partial charge in [-0.15, -0.1) is 0 Å². The van der Waals surface area contributed by atoms with Crippen LogP contribution in [0.5, 0.6) is 0 Å². The smallest absolute Gasteiger partial charge is 0.223 e. The largest absolute Gasteiger partial charge is 0.383 e. The van der Waals surface area contributed by atoms with Crippen LogP contribution >= 0.6 is 0 Å². The first kappa shape index (κ1) is 16.2. The van der Waals surface area contributed by atoms with E-state index in [1.165, 1.54) is 24.1 Å². The number of ether oxygens (including phenoxy) is 2. The molecule has 3 aliphatic rings. The minimum Gasteiger partial charge on any atom is -0.383 e. The molecule has 6 nitrogen and oxygen atoms in total. The molecule has 1 aromatic heterocycles. The van der Waals surface area contributed by atoms with Gasteiger partial charge < -0.3 is 14.8 Å². The molecule has 1 atom stereocenters. The number of hydrogen-bond acceptors (Lipinski definition) is 6. The van der Waals surface area contributed by atoms with E-state index in [0.29, 0.717) is 6.61 Å². The summed E-state index contributed by atoms with van der Waals surface area (Å²) in [5.74, 6) is 1.62. The maximum absolute atomic E-state index is 5.96. The van der Waals surface area contributed by atoms with Gasteiger partial charge in [-0.05, 0) is 38.6 Å². The summed E-state index contributed by atoms with van der Waals surface area (Å²) in [7, 11) is 1.76. The van der Waals surface area contributed by atoms with Crippen LogP contribution in [0, 0.1) is 12.8 Å². The Morgan fingerprint density at radius 2 is 2.25 bits per heavy atom. The number of anilines is 1. The Bertz CT molecular complexity index is 605. The van der Waals surface area contributed by atoms with Crippen molar-refractivity contribution in [1.82, 2.24) is 14.9 Å². The zero-order chi connectivity index (χ0) is 16.6. The second-order valence-electron chi connectivity index (χ2n) is 7.58. The highest BCUT2D eigenvalue weighted by Crippen LogP contribution is 2.40. The van der Waals surface area contributed by atoms with Gasteiger partial charge in [-0.2, -0.15) is 0 Å². The monoisotopic (exact) mass is 332 g/mol. The summed E-state index contributed by atoms with van der Waals surface area (Å²) >= 11 is 0. The fraction of sp³-hybridized carbons (Fsp3) is 0.778. The first-order chi connectivity index (χ1) is 11.7. The van der Waals surface area contributed by atoms with Gasteiger partial charge in [0.15, 0.2) is 0 Å². The Labute approximate surface area is 143 Å². The van der Waals surface area contributed by atoms with Gasteiger partial charge in [-0.1, -0.05) is 0 Å². The topological polar surface area (TPSA) is 59.5 Å². The predicted molar refractivity (Wildman–Crippen MR) is 92.2 cm³/mol. The molecule has 2 fully saturated rings. The highest BCUT2D eigenvalue weighted by molar-refractivity contribution is 5.40. The Morgan fingerprint density at radius 1 is 1.38 bits per heavy atom. The first-order valence-electron chi connectivity index (χ1n) is 9.11. The SMILES string of the molecule is COCCN1CC[C@]2(COCc3c(C)nc(NCC4CC4)nc32)C1. The Kier molecular flexibility index (Phi) is 4.45. The molecule has 0 bridgehead atoms. The van der Waals surface area contributed by atoms with Crippen molar-refractivity contribution in [1.29, 1.82) is 0 Å². The van der Waals surface area contributed by atoms with Crippen molar-refractivity contribution in [2.45, 2.75) is 38.2 Å². The van der Waals surface area contributed by atoms with E-state index in [1.807, 2.05) is 0 Å². The van der Waals surface area contributed by atoms with E-state index in [0.717, 1.165) is 63.4 Å². The van der Waals surface area contributed by atoms with E-state index < -0.39 is 0 Å². The van der Waals surface area contributed by atoms with Gasteiger partial charge in [0.1, 0.15) is 0 Å². The molecule has 1 saturated carbocycles. The van der Waals surface area contributed by atoms with Crippen molar-refractivity contribution in [2.24, 2.45) is 5.92 Å². The third-order valence-electron chi connectivity index (χ3n) is 5.63. The summed E-state index contributed by atoms with van der Waals surface area (Å²) < 4.78 is 11.2. The van der Waals surface area contributed by atoms with Crippen LogP contribution < -0.4 is 5.32 Å². The molecule has 4 rings (SSSR count). The molecule has 1 spiro atoms. The quantitative estimate of drug-likeness (QED) is 0.856. The predicted octanol–water partition coefficient (Wildman–Crippen LogP) is 1.73. The summed E-state index contributed by atoms with van der Waals surface area (Å²) in [4.78, 5) is 12.1. The van der Waals surface area contributed by atoms with Crippen LogP contribution in [-0.4, -0.2) is 61.4 Å². The molecular weight excluding hydrogens is 304 g/mol. The van der Waals surface area contributed by atoms with Crippen LogP contribution in [0.25, 0.3) is 0 Å². The van der Waals surface area contributed by atoms with Crippen molar-refractivity contribution in [3.8, 4) is 0 Å². The van der Waals surface area contributed by atoms with Crippen LogP contribution in [0.1, 0.15) is 36.2 Å². The standard InChI is InChI=1S/C18H28N4O2/c1-13-15-10-24-12-18(5-6-22(11-18)7-8-23-2)16(15)21-17(20-13)19-9-14-3-4-14/h14H,3-12H2,1-2H3,(H,19,20,21)/t18-/m1/s1. The summed E-state index contributed by atoms with van der Waals surface area (Å²) in [6, 6.07) is 0. The molecule has 1 N–H and O–H groups in total. The van der Waals surface area contributed by atoms with Crippen molar-refractivity contribution < 1.29 is 9.47 Å². The number of aryl methyl sites for hydroxylation is 1. The summed E-state index contributed by atoms with van der Waals surface area (Å²) in [6.45, 7) is 8.34. The number of aromatic nitrogens is 2. The minimum absolute atomic E-state index is 0.0189. The Morgan fingerprint density at radius 3 is 3.04 bits per heavy atom. The van der Waals surface area contributed by atoms with E-state index >= 15 is 0 Å². The maximum atomic E-state index is 5.96. The zero-order valence-corrected chi connectivity index (χ0v) is 14.8. The maximum Gasteiger partial charge on any atom is 0.223 e. The molecule has 0 radical (unpaired) electrons. The van der Waals surface area contributed by atoms with Crippen LogP contribution in [0.3, 0.4) is 0 Å². The minimum atomic E-state index is 0.0189. The van der Waals surface area contributed by atoms with Gasteiger partial charge >= 0.3 is 0 Å². The number of hydrogen-bond donors (Lipinski definition) is 1. The Balaban J connectivity index is 1.58. The molecular formula is C18H28N4O2. The van der Waals surface area contributed by atoms with Crippen LogP contribution in [0.2, 0.25) is 0 Å². The third kappa shape index (κ3) is 3.15. The highest BCUT2D eigenvalue weighted by Gasteiger charge is 2.45. The number of methoxy groups -OCH3 is 1. The van der Waals surface area contributed by atoms with E-state index in [1.54, 1.807) is 7.11 Å². The van der Waals surface area contributed by atoms with Gasteiger partial charge in [-0.3, -0.25) is 4.90 Å². The molecule has 2 aliphatic heterocycles. The molecule has 1 saturated heterocycles. The number of nitrogens with zero attached hydrogens (tertiary/aromatic N) is 3. The highest BCUT2D eigenvalue weighted by atomic mass is 16.5. The molecule has 0 unspecified atom stereocenters. The molecule has 0 aromatic carbocycles. The van der Waals surface area contributed by atoms with Gasteiger partial charge in [0.25, 0.3) is 0 Å². The van der Waals surface area contributed by atoms with Crippen molar-refractivity contribution in [3.63, 3.8) is 0 Å². The van der Waals surface area contributed by atoms with Gasteiger partial charge in [0.2, 0.25) is 5.95 Å². The van der Waals surface area contributed by atoms with Gasteiger partial charge in [0.05, 0.1) is 30.9 Å². The van der Waals surface area contributed by atoms with Crippen molar-refractivity contribution in [3.05, 3.63) is 17.0 Å². The molecule has 1 aliphatic carbocycles. The van der Waals surface area contributed by atoms with Crippen molar-refractivity contribution in [2.75, 3.05) is 51.8 Å². The summed E-state index contributed by atoms with van der Waals surface area (Å²) in [5, 5.41) is 3.45. The number of fused-ring (bicyclic) bond motifs is 2. The van der Waals surface area contributed by atoms with Crippen LogP contribution in [-0.2, 0) is 21.5 Å². The Hall–Kier alpha value is -1.24. The normalized spacial score (nSPS) is 26.8. The summed E-state index contributed by atoms with van der Waals surface area (Å²) in [5.41, 5.74) is 3.50. The van der Waals surface area contributed by atoms with E-state index in [9.17, 15) is 0 Å². The molecule has 3 heterocycles. The average molecular weight is 332 g/mol. The van der Waals surface area contributed by atoms with E-state index in [-0.39, 0.29) is 5.41 Å². The first-order valence-corrected chi connectivity index (χ1v) is 9.11. The average Bonchev–Trinajstić information content (AvgIpc) is 3.33. The lowest BCUT2D eigenvalue weighted by Crippen LogP contribution is -2.41. The molecule has 132 valence electrons. The van der Waals surface area contributed by atoms with Crippen LogP contribution in [0.15, 0.2) is 0 Å². The molecule has 0 amide bonds. The van der Waals surface area contributed by atoms with E-state index in [4.69, 9.17) is 14.5 Å². The van der Waals surface area contributed by atoms with E-state index in [2.05, 4.69) is 22.1 Å². The zero-order valence-electron chi connectivity index (χ0n) is 14.8. The second-order valence-corrected chi connectivity index (χ2v) is 7.58. The molecule has 6 heteroatoms. The lowest BCUT2D eigenvalue weighted by molar-refractivity contribution is 0.0488. The number of rotatable bonds is 6. The van der Waals surface area contributed by atoms with Crippen LogP contribution in [0.4, 0.5) is 5.95 Å². The third-order valence-corrected chi connectivity index (χ3v) is 5.63. The molecule has 24 heavy (non-hydrogen) atoms. The number of likely N-dealkylation sites (tertiary alicyclic amines) is 1. The fourth-order valence-electron chi connectivity index (χ4n) is 3.94. The van der Waals surface area contributed by atoms with Crippen molar-refractivity contribution >= 4 is 5.95 Å². The van der Waals surface area contributed by atoms with Gasteiger partial charge in [0, 0.05) is 38.0 Å². The van der Waals surface area contributed by atoms with Gasteiger partial charge in [-0.25, -0.2) is 9.97 Å². The number of nitrogens with one attached hydrogen (secondary N) is 1. The molecule has 1 aromatic rings. The fourth-order valence-corrected chi connectivity index (χ4v) is 3.94. The second kappa shape index (κ2) is 6.58. The summed E-state index contributed by atoms with van der Waals surface area (Å²) in [6.07, 6.45) is 3.77. The lowest BCUT2D eigenvalue weighted by Gasteiger charge is -2.35. The lowest BCUT2D eigenvalue weighted by atomic mass is 9.80.